The predicted molar refractivity (Wildman–Crippen MR) is 111 cm³/mol. The number of carbonyl (C=O) groups excluding carboxylic acids is 2. The van der Waals surface area contributed by atoms with Gasteiger partial charge in [0, 0.05) is 18.8 Å². The van der Waals surface area contributed by atoms with E-state index in [-0.39, 0.29) is 30.3 Å². The van der Waals surface area contributed by atoms with Crippen molar-refractivity contribution in [2.24, 2.45) is 0 Å². The van der Waals surface area contributed by atoms with E-state index in [0.29, 0.717) is 23.5 Å². The fraction of sp³-hybridized carbons (Fsp3) is 0.364. The van der Waals surface area contributed by atoms with Crippen LogP contribution in [0.5, 0.6) is 0 Å². The minimum Gasteiger partial charge on any atom is -0.377 e. The van der Waals surface area contributed by atoms with E-state index in [0.717, 1.165) is 25.9 Å². The highest BCUT2D eigenvalue weighted by Crippen LogP contribution is 2.18. The van der Waals surface area contributed by atoms with Crippen LogP contribution in [-0.2, 0) is 9.53 Å². The summed E-state index contributed by atoms with van der Waals surface area (Å²) in [6.07, 6.45) is 3.42. The van der Waals surface area contributed by atoms with E-state index < -0.39 is 0 Å². The van der Waals surface area contributed by atoms with Crippen molar-refractivity contribution >= 4 is 23.2 Å². The molecule has 0 spiro atoms. The lowest BCUT2D eigenvalue weighted by atomic mass is 10.1. The van der Waals surface area contributed by atoms with Crippen molar-refractivity contribution in [1.82, 2.24) is 4.90 Å². The van der Waals surface area contributed by atoms with Gasteiger partial charge in [0.15, 0.2) is 0 Å². The van der Waals surface area contributed by atoms with E-state index in [4.69, 9.17) is 4.74 Å². The first kappa shape index (κ1) is 21.0. The summed E-state index contributed by atoms with van der Waals surface area (Å²) in [5.74, 6) is -0.958. The molecule has 1 saturated heterocycles. The summed E-state index contributed by atoms with van der Waals surface area (Å²) >= 11 is 0. The van der Waals surface area contributed by atoms with E-state index in [1.807, 2.05) is 11.9 Å². The van der Waals surface area contributed by atoms with Crippen molar-refractivity contribution in [3.05, 3.63) is 59.9 Å². The van der Waals surface area contributed by atoms with Gasteiger partial charge in [-0.05, 0) is 62.7 Å². The van der Waals surface area contributed by atoms with Gasteiger partial charge < -0.3 is 15.4 Å². The molecule has 2 N–H and O–H groups in total. The third kappa shape index (κ3) is 6.37. The molecule has 154 valence electrons. The summed E-state index contributed by atoms with van der Waals surface area (Å²) in [7, 11) is 1.88. The SMILES string of the molecule is CN(CC(=O)Nc1ccccc1C(=O)Nc1ccc(F)cc1)CC1CCCCO1. The summed E-state index contributed by atoms with van der Waals surface area (Å²) in [6, 6.07) is 12.3. The molecule has 2 aromatic rings. The van der Waals surface area contributed by atoms with Gasteiger partial charge in [0.05, 0.1) is 23.9 Å². The van der Waals surface area contributed by atoms with Gasteiger partial charge in [-0.15, -0.1) is 0 Å². The third-order valence-corrected chi connectivity index (χ3v) is 4.75. The Kier molecular flexibility index (Phi) is 7.32. The van der Waals surface area contributed by atoms with E-state index in [1.54, 1.807) is 24.3 Å². The first-order valence-electron chi connectivity index (χ1n) is 9.77. The van der Waals surface area contributed by atoms with E-state index in [9.17, 15) is 14.0 Å². The molecule has 0 radical (unpaired) electrons. The van der Waals surface area contributed by atoms with Crippen LogP contribution in [0.25, 0.3) is 0 Å². The number of nitrogens with one attached hydrogen (secondary N) is 2. The molecular formula is C22H26FN3O3. The van der Waals surface area contributed by atoms with Gasteiger partial charge in [0.1, 0.15) is 5.82 Å². The number of hydrogen-bond acceptors (Lipinski definition) is 4. The van der Waals surface area contributed by atoms with E-state index in [2.05, 4.69) is 10.6 Å². The van der Waals surface area contributed by atoms with Crippen LogP contribution in [-0.4, -0.2) is 49.6 Å². The molecule has 0 aromatic heterocycles. The van der Waals surface area contributed by atoms with Crippen LogP contribution in [0, 0.1) is 5.82 Å². The molecule has 0 saturated carbocycles. The van der Waals surface area contributed by atoms with Gasteiger partial charge in [-0.2, -0.15) is 0 Å². The Morgan fingerprint density at radius 2 is 1.86 bits per heavy atom. The first-order valence-corrected chi connectivity index (χ1v) is 9.77. The van der Waals surface area contributed by atoms with Gasteiger partial charge >= 0.3 is 0 Å². The monoisotopic (exact) mass is 399 g/mol. The number of rotatable bonds is 7. The number of anilines is 2. The predicted octanol–water partition coefficient (Wildman–Crippen LogP) is 3.52. The normalized spacial score (nSPS) is 16.4. The lowest BCUT2D eigenvalue weighted by molar-refractivity contribution is -0.117. The fourth-order valence-corrected chi connectivity index (χ4v) is 3.32. The average molecular weight is 399 g/mol. The van der Waals surface area contributed by atoms with Crippen LogP contribution in [0.15, 0.2) is 48.5 Å². The lowest BCUT2D eigenvalue weighted by Crippen LogP contribution is -2.38. The van der Waals surface area contributed by atoms with Gasteiger partial charge in [-0.3, -0.25) is 14.5 Å². The molecule has 2 aromatic carbocycles. The minimum atomic E-state index is -0.378. The molecule has 1 atom stereocenters. The van der Waals surface area contributed by atoms with Crippen molar-refractivity contribution in [2.75, 3.05) is 37.4 Å². The first-order chi connectivity index (χ1) is 14.0. The third-order valence-electron chi connectivity index (χ3n) is 4.75. The molecule has 6 nitrogen and oxygen atoms in total. The molecule has 1 aliphatic heterocycles. The molecule has 1 unspecified atom stereocenters. The van der Waals surface area contributed by atoms with E-state index in [1.165, 1.54) is 24.3 Å². The largest absolute Gasteiger partial charge is 0.377 e. The molecule has 0 bridgehead atoms. The van der Waals surface area contributed by atoms with Crippen molar-refractivity contribution in [2.45, 2.75) is 25.4 Å². The van der Waals surface area contributed by atoms with Crippen LogP contribution >= 0.6 is 0 Å². The van der Waals surface area contributed by atoms with Crippen molar-refractivity contribution in [3.8, 4) is 0 Å². The molecule has 0 aliphatic carbocycles. The zero-order chi connectivity index (χ0) is 20.6. The minimum absolute atomic E-state index is 0.162. The quantitative estimate of drug-likeness (QED) is 0.747. The Labute approximate surface area is 170 Å². The van der Waals surface area contributed by atoms with Gasteiger partial charge in [0.25, 0.3) is 5.91 Å². The number of amides is 2. The summed E-state index contributed by atoms with van der Waals surface area (Å²) in [5.41, 5.74) is 1.24. The lowest BCUT2D eigenvalue weighted by Gasteiger charge is -2.27. The number of carbonyl (C=O) groups is 2. The second-order valence-corrected chi connectivity index (χ2v) is 7.24. The molecule has 1 aliphatic rings. The smallest absolute Gasteiger partial charge is 0.257 e. The molecule has 2 amide bonds. The van der Waals surface area contributed by atoms with E-state index >= 15 is 0 Å². The Morgan fingerprint density at radius 1 is 1.10 bits per heavy atom. The summed E-state index contributed by atoms with van der Waals surface area (Å²) in [6.45, 7) is 1.68. The number of benzene rings is 2. The fourth-order valence-electron chi connectivity index (χ4n) is 3.32. The Bertz CT molecular complexity index is 835. The highest BCUT2D eigenvalue weighted by atomic mass is 19.1. The second-order valence-electron chi connectivity index (χ2n) is 7.24. The number of hydrogen-bond donors (Lipinski definition) is 2. The molecule has 3 rings (SSSR count). The van der Waals surface area contributed by atoms with Crippen LogP contribution < -0.4 is 10.6 Å². The highest BCUT2D eigenvalue weighted by Gasteiger charge is 2.18. The number of ether oxygens (including phenoxy) is 1. The van der Waals surface area contributed by atoms with Crippen LogP contribution in [0.4, 0.5) is 15.8 Å². The highest BCUT2D eigenvalue weighted by molar-refractivity contribution is 6.10. The topological polar surface area (TPSA) is 70.7 Å². The average Bonchev–Trinajstić information content (AvgIpc) is 2.70. The molecule has 1 heterocycles. The number of para-hydroxylation sites is 1. The van der Waals surface area contributed by atoms with Gasteiger partial charge in [-0.1, -0.05) is 12.1 Å². The summed E-state index contributed by atoms with van der Waals surface area (Å²) < 4.78 is 18.7. The zero-order valence-corrected chi connectivity index (χ0v) is 16.5. The molecule has 29 heavy (non-hydrogen) atoms. The maximum absolute atomic E-state index is 13.0. The molecule has 1 fully saturated rings. The number of halogens is 1. The molecular weight excluding hydrogens is 373 g/mol. The number of nitrogens with zero attached hydrogens (tertiary/aromatic N) is 1. The van der Waals surface area contributed by atoms with Crippen LogP contribution in [0.2, 0.25) is 0 Å². The zero-order valence-electron chi connectivity index (χ0n) is 16.5. The van der Waals surface area contributed by atoms with Gasteiger partial charge in [-0.25, -0.2) is 4.39 Å². The molecule has 7 heteroatoms. The summed E-state index contributed by atoms with van der Waals surface area (Å²) in [4.78, 5) is 27.0. The number of likely N-dealkylation sites (N-methyl/N-ethyl adjacent to an activating group) is 1. The van der Waals surface area contributed by atoms with Crippen molar-refractivity contribution < 1.29 is 18.7 Å². The van der Waals surface area contributed by atoms with Crippen molar-refractivity contribution in [3.63, 3.8) is 0 Å². The standard InChI is InChI=1S/C22H26FN3O3/c1-26(14-18-6-4-5-13-29-18)15-21(27)25-20-8-3-2-7-19(20)22(28)24-17-11-9-16(23)10-12-17/h2-3,7-12,18H,4-6,13-15H2,1H3,(H,24,28)(H,25,27). The Hall–Kier alpha value is -2.77. The Balaban J connectivity index is 1.58. The van der Waals surface area contributed by atoms with Crippen molar-refractivity contribution in [1.29, 1.82) is 0 Å². The second kappa shape index (κ2) is 10.1. The maximum atomic E-state index is 13.0. The van der Waals surface area contributed by atoms with Gasteiger partial charge in [0.2, 0.25) is 5.91 Å². The Morgan fingerprint density at radius 3 is 2.59 bits per heavy atom. The maximum Gasteiger partial charge on any atom is 0.257 e. The van der Waals surface area contributed by atoms with Crippen LogP contribution in [0.1, 0.15) is 29.6 Å². The summed E-state index contributed by atoms with van der Waals surface area (Å²) in [5, 5.41) is 5.52. The van der Waals surface area contributed by atoms with Crippen LogP contribution in [0.3, 0.4) is 0 Å².